The molecule has 14 heteroatoms. The van der Waals surface area contributed by atoms with Gasteiger partial charge in [-0.3, -0.25) is 4.55 Å². The van der Waals surface area contributed by atoms with Crippen LogP contribution in [0.25, 0.3) is 0 Å². The van der Waals surface area contributed by atoms with E-state index >= 15 is 0 Å². The summed E-state index contributed by atoms with van der Waals surface area (Å²) >= 11 is 0. The SMILES string of the molecule is C=CCN.O=S(=O)(O)C(F)(F)C(F)(F)C(F)(F)CCCCCCC(F)(F)F. The van der Waals surface area contributed by atoms with Gasteiger partial charge in [0.15, 0.2) is 0 Å². The lowest BCUT2D eigenvalue weighted by Crippen LogP contribution is -2.57. The van der Waals surface area contributed by atoms with Gasteiger partial charge < -0.3 is 5.73 Å². The van der Waals surface area contributed by atoms with E-state index in [4.69, 9.17) is 10.3 Å². The molecule has 0 aliphatic carbocycles. The fourth-order valence-electron chi connectivity index (χ4n) is 1.56. The van der Waals surface area contributed by atoms with Crippen molar-refractivity contribution in [2.24, 2.45) is 5.73 Å². The van der Waals surface area contributed by atoms with E-state index in [9.17, 15) is 47.9 Å². The quantitative estimate of drug-likeness (QED) is 0.222. The molecule has 0 aromatic rings. The van der Waals surface area contributed by atoms with E-state index in [1.165, 1.54) is 0 Å². The van der Waals surface area contributed by atoms with Crippen LogP contribution in [0, 0.1) is 0 Å². The first-order valence-electron chi connectivity index (χ1n) is 7.35. The molecule has 0 saturated heterocycles. The molecule has 0 aromatic carbocycles. The Morgan fingerprint density at radius 2 is 1.22 bits per heavy atom. The molecule has 0 aliphatic heterocycles. The molecule has 3 N–H and O–H groups in total. The predicted molar refractivity (Wildman–Crippen MR) is 79.4 cm³/mol. The van der Waals surface area contributed by atoms with Crippen molar-refractivity contribution in [1.29, 1.82) is 0 Å². The summed E-state index contributed by atoms with van der Waals surface area (Å²) < 4.78 is 141. The van der Waals surface area contributed by atoms with Crippen molar-refractivity contribution in [1.82, 2.24) is 0 Å². The Morgan fingerprint density at radius 3 is 1.52 bits per heavy atom. The first-order chi connectivity index (χ1) is 11.9. The largest absolute Gasteiger partial charge is 0.437 e. The highest BCUT2D eigenvalue weighted by Crippen LogP contribution is 2.50. The number of hydrogen-bond acceptors (Lipinski definition) is 3. The third kappa shape index (κ3) is 9.14. The minimum absolute atomic E-state index is 0.254. The van der Waals surface area contributed by atoms with Crippen LogP contribution < -0.4 is 5.73 Å². The summed E-state index contributed by atoms with van der Waals surface area (Å²) in [7, 11) is -6.79. The highest BCUT2D eigenvalue weighted by molar-refractivity contribution is 7.87. The first-order valence-corrected chi connectivity index (χ1v) is 8.79. The lowest BCUT2D eigenvalue weighted by atomic mass is 10.0. The van der Waals surface area contributed by atoms with E-state index in [-0.39, 0.29) is 12.8 Å². The maximum absolute atomic E-state index is 13.1. The summed E-state index contributed by atoms with van der Waals surface area (Å²) in [5.41, 5.74) is 4.91. The van der Waals surface area contributed by atoms with Crippen LogP contribution in [0.15, 0.2) is 12.7 Å². The van der Waals surface area contributed by atoms with E-state index in [1.54, 1.807) is 6.08 Å². The highest BCUT2D eigenvalue weighted by atomic mass is 32.2. The van der Waals surface area contributed by atoms with E-state index in [2.05, 4.69) is 6.58 Å². The Kier molecular flexibility index (Phi) is 11.0. The van der Waals surface area contributed by atoms with Crippen molar-refractivity contribution in [3.05, 3.63) is 12.7 Å². The minimum atomic E-state index is -6.79. The van der Waals surface area contributed by atoms with Gasteiger partial charge in [-0.2, -0.15) is 47.9 Å². The number of alkyl halides is 9. The van der Waals surface area contributed by atoms with Crippen LogP contribution in [0.5, 0.6) is 0 Å². The van der Waals surface area contributed by atoms with Crippen molar-refractivity contribution in [2.45, 2.75) is 61.8 Å². The predicted octanol–water partition coefficient (Wildman–Crippen LogP) is 4.77. The van der Waals surface area contributed by atoms with Gasteiger partial charge in [-0.1, -0.05) is 18.9 Å². The van der Waals surface area contributed by atoms with Crippen molar-refractivity contribution in [3.8, 4) is 0 Å². The van der Waals surface area contributed by atoms with Gasteiger partial charge in [-0.25, -0.2) is 0 Å². The Morgan fingerprint density at radius 1 is 0.852 bits per heavy atom. The van der Waals surface area contributed by atoms with Crippen molar-refractivity contribution in [2.75, 3.05) is 6.54 Å². The zero-order chi connectivity index (χ0) is 22.2. The van der Waals surface area contributed by atoms with Gasteiger partial charge in [0, 0.05) is 19.4 Å². The molecule has 0 bridgehead atoms. The molecule has 0 aromatic heterocycles. The van der Waals surface area contributed by atoms with E-state index in [0.717, 1.165) is 0 Å². The number of rotatable bonds is 10. The lowest BCUT2D eigenvalue weighted by molar-refractivity contribution is -0.282. The van der Waals surface area contributed by atoms with Crippen molar-refractivity contribution >= 4 is 10.1 Å². The van der Waals surface area contributed by atoms with Gasteiger partial charge in [0.25, 0.3) is 0 Å². The summed E-state index contributed by atoms with van der Waals surface area (Å²) in [5, 5.41) is -6.40. The maximum atomic E-state index is 13.1. The van der Waals surface area contributed by atoms with Crippen molar-refractivity contribution in [3.63, 3.8) is 0 Å². The van der Waals surface area contributed by atoms with Gasteiger partial charge in [0.05, 0.1) is 0 Å². The number of halogens is 9. The monoisotopic (exact) mass is 441 g/mol. The molecule has 27 heavy (non-hydrogen) atoms. The van der Waals surface area contributed by atoms with Crippen LogP contribution in [-0.2, 0) is 10.1 Å². The van der Waals surface area contributed by atoms with Crippen LogP contribution in [-0.4, -0.2) is 42.8 Å². The Bertz CT molecular complexity index is 548. The van der Waals surface area contributed by atoms with E-state index < -0.39 is 59.1 Å². The van der Waals surface area contributed by atoms with Gasteiger partial charge in [-0.05, 0) is 12.8 Å². The standard InChI is InChI=1S/C10H13F9O3S.C3H7N/c11-7(12,5-3-1-2-4-6-8(13,14)15)9(16,17)10(18,19)23(20,21)22;1-2-3-4/h1-6H2,(H,20,21,22);2H,1,3-4H2. The molecule has 0 fully saturated rings. The van der Waals surface area contributed by atoms with Crippen LogP contribution in [0.4, 0.5) is 39.5 Å². The Balaban J connectivity index is 0. The summed E-state index contributed by atoms with van der Waals surface area (Å²) in [6.07, 6.45) is -7.81. The molecule has 0 spiro atoms. The van der Waals surface area contributed by atoms with Gasteiger partial charge in [0.1, 0.15) is 0 Å². The highest BCUT2D eigenvalue weighted by Gasteiger charge is 2.76. The molecule has 0 saturated carbocycles. The number of unbranched alkanes of at least 4 members (excludes halogenated alkanes) is 3. The molecule has 0 radical (unpaired) electrons. The second-order valence-corrected chi connectivity index (χ2v) is 6.79. The molecular formula is C13H20F9NO3S. The molecule has 0 rings (SSSR count). The molecular weight excluding hydrogens is 421 g/mol. The second kappa shape index (κ2) is 10.5. The number of hydrogen-bond donors (Lipinski definition) is 2. The van der Waals surface area contributed by atoms with Crippen molar-refractivity contribution < 1.29 is 52.5 Å². The van der Waals surface area contributed by atoms with Gasteiger partial charge in [0.2, 0.25) is 0 Å². The Labute approximate surface area is 150 Å². The topological polar surface area (TPSA) is 80.4 Å². The van der Waals surface area contributed by atoms with Crippen LogP contribution >= 0.6 is 0 Å². The summed E-state index contributed by atoms with van der Waals surface area (Å²) in [6.45, 7) is 3.94. The van der Waals surface area contributed by atoms with Gasteiger partial charge >= 0.3 is 33.4 Å². The fraction of sp³-hybridized carbons (Fsp3) is 0.846. The van der Waals surface area contributed by atoms with Crippen LogP contribution in [0.1, 0.15) is 38.5 Å². The Hall–Kier alpha value is -1.02. The van der Waals surface area contributed by atoms with Crippen LogP contribution in [0.2, 0.25) is 0 Å². The molecule has 0 atom stereocenters. The second-order valence-electron chi connectivity index (χ2n) is 5.32. The fourth-order valence-corrected chi connectivity index (χ4v) is 2.03. The first kappa shape index (κ1) is 28.2. The molecule has 0 aliphatic rings. The zero-order valence-corrected chi connectivity index (χ0v) is 14.7. The molecule has 4 nitrogen and oxygen atoms in total. The average molecular weight is 441 g/mol. The van der Waals surface area contributed by atoms with E-state index in [0.29, 0.717) is 6.54 Å². The summed E-state index contributed by atoms with van der Waals surface area (Å²) in [5.74, 6) is -11.9. The zero-order valence-electron chi connectivity index (χ0n) is 13.9. The van der Waals surface area contributed by atoms with Gasteiger partial charge in [-0.15, -0.1) is 6.58 Å². The molecule has 0 heterocycles. The normalized spacial score (nSPS) is 13.7. The van der Waals surface area contributed by atoms with Crippen LogP contribution in [0.3, 0.4) is 0 Å². The lowest BCUT2D eigenvalue weighted by Gasteiger charge is -2.30. The molecule has 0 amide bonds. The smallest absolute Gasteiger partial charge is 0.327 e. The number of nitrogens with two attached hydrogens (primary N) is 1. The molecule has 0 unspecified atom stereocenters. The third-order valence-corrected chi connectivity index (χ3v) is 3.92. The summed E-state index contributed by atoms with van der Waals surface area (Å²) in [6, 6.07) is 0. The van der Waals surface area contributed by atoms with E-state index in [1.807, 2.05) is 0 Å². The summed E-state index contributed by atoms with van der Waals surface area (Å²) in [4.78, 5) is 0. The third-order valence-electron chi connectivity index (χ3n) is 3.02. The molecule has 164 valence electrons. The maximum Gasteiger partial charge on any atom is 0.437 e. The minimum Gasteiger partial charge on any atom is -0.327 e. The average Bonchev–Trinajstić information content (AvgIpc) is 2.48.